The van der Waals surface area contributed by atoms with Crippen LogP contribution in [-0.4, -0.2) is 28.2 Å². The van der Waals surface area contributed by atoms with Gasteiger partial charge in [-0.15, -0.1) is 0 Å². The first-order chi connectivity index (χ1) is 6.54. The van der Waals surface area contributed by atoms with E-state index in [0.717, 1.165) is 0 Å². The topological polar surface area (TPSA) is 80.7 Å². The Labute approximate surface area is 102 Å². The molecule has 0 aromatic carbocycles. The number of carboxylic acid groups (broad SMARTS) is 1. The first-order valence-electron chi connectivity index (χ1n) is 3.69. The molecule has 1 fully saturated rings. The van der Waals surface area contributed by atoms with Crippen molar-refractivity contribution in [2.45, 2.75) is 4.83 Å². The van der Waals surface area contributed by atoms with Crippen LogP contribution in [0.5, 0.6) is 0 Å². The first kappa shape index (κ1) is 11.9. The molecule has 0 saturated heterocycles. The zero-order chi connectivity index (χ0) is 10.9. The van der Waals surface area contributed by atoms with E-state index in [-0.39, 0.29) is 0 Å². The molecule has 0 aromatic heterocycles. The molecule has 0 radical (unpaired) electrons. The largest absolute Gasteiger partial charge is 0.481 e. The number of halogens is 2. The van der Waals surface area contributed by atoms with E-state index in [4.69, 9.17) is 5.11 Å². The van der Waals surface area contributed by atoms with Gasteiger partial charge >= 0.3 is 11.9 Å². The van der Waals surface area contributed by atoms with Crippen LogP contribution in [0.3, 0.4) is 0 Å². The average molecular weight is 377 g/mol. The van der Waals surface area contributed by atoms with Crippen LogP contribution < -0.4 is 0 Å². The summed E-state index contributed by atoms with van der Waals surface area (Å²) in [6.07, 6.45) is 0.580. The molecule has 0 amide bonds. The van der Waals surface area contributed by atoms with Gasteiger partial charge in [-0.25, -0.2) is 0 Å². The lowest BCUT2D eigenvalue weighted by Gasteiger charge is -2.41. The van der Waals surface area contributed by atoms with Crippen molar-refractivity contribution in [3.05, 3.63) is 0 Å². The van der Waals surface area contributed by atoms with Gasteiger partial charge in [0, 0.05) is 10.7 Å². The minimum atomic E-state index is -1.10. The molecule has 0 heterocycles. The number of hydrogen-bond acceptors (Lipinski definition) is 4. The Morgan fingerprint density at radius 1 is 1.43 bits per heavy atom. The monoisotopic (exact) mass is 376 g/mol. The van der Waals surface area contributed by atoms with Crippen molar-refractivity contribution in [2.24, 2.45) is 17.8 Å². The molecule has 0 bridgehead atoms. The molecule has 1 aliphatic rings. The molecular weight excluding hydrogens is 371 g/mol. The van der Waals surface area contributed by atoms with Crippen molar-refractivity contribution in [1.82, 2.24) is 0 Å². The Balaban J connectivity index is 2.83. The summed E-state index contributed by atoms with van der Waals surface area (Å²) in [5.74, 6) is -4.13. The molecule has 3 unspecified atom stereocenters. The number of hydrogen-bond donors (Lipinski definition) is 1. The van der Waals surface area contributed by atoms with Crippen LogP contribution in [0.15, 0.2) is 0 Å². The third-order valence-corrected chi connectivity index (χ3v) is 3.92. The lowest BCUT2D eigenvalue weighted by atomic mass is 9.65. The van der Waals surface area contributed by atoms with E-state index in [2.05, 4.69) is 19.0 Å². The second kappa shape index (κ2) is 4.56. The molecule has 0 spiro atoms. The molecule has 1 aliphatic carbocycles. The number of carboxylic acids is 1. The summed E-state index contributed by atoms with van der Waals surface area (Å²) in [4.78, 5) is 32.0. The van der Waals surface area contributed by atoms with Gasteiger partial charge in [-0.3, -0.25) is 9.59 Å². The highest BCUT2D eigenvalue weighted by Crippen LogP contribution is 2.45. The summed E-state index contributed by atoms with van der Waals surface area (Å²) in [6, 6.07) is 0. The van der Waals surface area contributed by atoms with Crippen molar-refractivity contribution < 1.29 is 22.6 Å². The van der Waals surface area contributed by atoms with E-state index in [9.17, 15) is 14.4 Å². The van der Waals surface area contributed by atoms with Gasteiger partial charge in [0.1, 0.15) is 6.29 Å². The molecule has 0 aliphatic heterocycles. The second-order valence-electron chi connectivity index (χ2n) is 2.94. The molecule has 1 rings (SSSR count). The smallest absolute Gasteiger partial charge is 0.320 e. The molecule has 4 atom stereocenters. The normalized spacial score (nSPS) is 35.6. The maximum absolute atomic E-state index is 11.2. The van der Waals surface area contributed by atoms with Crippen molar-refractivity contribution in [3.63, 3.8) is 0 Å². The minimum Gasteiger partial charge on any atom is -0.481 e. The van der Waals surface area contributed by atoms with Crippen LogP contribution in [0, 0.1) is 17.8 Å². The highest BCUT2D eigenvalue weighted by Gasteiger charge is 2.57. The van der Waals surface area contributed by atoms with Crippen molar-refractivity contribution >= 4 is 57.2 Å². The lowest BCUT2D eigenvalue weighted by molar-refractivity contribution is -0.161. The minimum absolute atomic E-state index is 0.488. The molecule has 78 valence electrons. The van der Waals surface area contributed by atoms with E-state index in [0.29, 0.717) is 6.29 Å². The van der Waals surface area contributed by atoms with Crippen molar-refractivity contribution in [1.29, 1.82) is 0 Å². The molecule has 1 saturated carbocycles. The third-order valence-electron chi connectivity index (χ3n) is 2.30. The summed E-state index contributed by atoms with van der Waals surface area (Å²) in [5.41, 5.74) is 0. The van der Waals surface area contributed by atoms with Crippen LogP contribution in [0.25, 0.3) is 0 Å². The van der Waals surface area contributed by atoms with E-state index in [1.54, 1.807) is 0 Å². The molecular formula is C7H6BrIO5. The predicted octanol–water partition coefficient (Wildman–Crippen LogP) is 0.789. The molecule has 14 heavy (non-hydrogen) atoms. The van der Waals surface area contributed by atoms with Gasteiger partial charge in [-0.05, 0) is 0 Å². The van der Waals surface area contributed by atoms with E-state index >= 15 is 0 Å². The standard InChI is InChI=1S/C7H6BrIO5/c8-5-2(1-10)3(7(13)14-9)4(5)6(11)12/h1-5H,(H,11,12)/t2?,3-,4?,5?/m1/s1. The zero-order valence-corrected chi connectivity index (χ0v) is 10.5. The van der Waals surface area contributed by atoms with Gasteiger partial charge < -0.3 is 13.0 Å². The number of rotatable bonds is 3. The Morgan fingerprint density at radius 3 is 2.36 bits per heavy atom. The maximum atomic E-state index is 11.2. The Kier molecular flexibility index (Phi) is 3.87. The average Bonchev–Trinajstić information content (AvgIpc) is 2.12. The van der Waals surface area contributed by atoms with Gasteiger partial charge in [0.25, 0.3) is 0 Å². The van der Waals surface area contributed by atoms with Gasteiger partial charge in [0.05, 0.1) is 11.8 Å². The van der Waals surface area contributed by atoms with Crippen LogP contribution in [0.1, 0.15) is 0 Å². The second-order valence-corrected chi connectivity index (χ2v) is 4.44. The van der Waals surface area contributed by atoms with E-state index in [1.807, 2.05) is 0 Å². The van der Waals surface area contributed by atoms with Gasteiger partial charge in [0.15, 0.2) is 23.0 Å². The fourth-order valence-corrected chi connectivity index (χ4v) is 2.84. The van der Waals surface area contributed by atoms with Crippen molar-refractivity contribution in [2.75, 3.05) is 0 Å². The zero-order valence-electron chi connectivity index (χ0n) is 6.72. The maximum Gasteiger partial charge on any atom is 0.320 e. The number of carbonyl (C=O) groups excluding carboxylic acids is 2. The highest BCUT2D eigenvalue weighted by molar-refractivity contribution is 14.1. The van der Waals surface area contributed by atoms with E-state index < -0.39 is 34.5 Å². The Morgan fingerprint density at radius 2 is 2.00 bits per heavy atom. The van der Waals surface area contributed by atoms with Gasteiger partial charge in [-0.1, -0.05) is 15.9 Å². The third kappa shape index (κ3) is 1.79. The fraction of sp³-hybridized carbons (Fsp3) is 0.571. The van der Waals surface area contributed by atoms with Gasteiger partial charge in [-0.2, -0.15) is 0 Å². The van der Waals surface area contributed by atoms with Crippen LogP contribution in [-0.2, 0) is 17.4 Å². The Hall–Kier alpha value is -0.180. The number of aliphatic carboxylic acids is 1. The molecule has 1 N–H and O–H groups in total. The quantitative estimate of drug-likeness (QED) is 0.447. The van der Waals surface area contributed by atoms with Crippen LogP contribution in [0.4, 0.5) is 0 Å². The van der Waals surface area contributed by atoms with Gasteiger partial charge in [0.2, 0.25) is 0 Å². The Bertz CT molecular complexity index is 281. The fourth-order valence-electron chi connectivity index (χ4n) is 1.53. The number of alkyl halides is 1. The molecule has 5 nitrogen and oxygen atoms in total. The molecule has 7 heteroatoms. The highest BCUT2D eigenvalue weighted by atomic mass is 127. The molecule has 0 aromatic rings. The number of aldehydes is 1. The SMILES string of the molecule is O=CC1C(Br)C(C(=O)O)[C@@H]1C(=O)OI. The van der Waals surface area contributed by atoms with Crippen LogP contribution >= 0.6 is 38.9 Å². The van der Waals surface area contributed by atoms with Crippen molar-refractivity contribution in [3.8, 4) is 0 Å². The van der Waals surface area contributed by atoms with E-state index in [1.165, 1.54) is 23.0 Å². The lowest BCUT2D eigenvalue weighted by Crippen LogP contribution is -2.55. The summed E-state index contributed by atoms with van der Waals surface area (Å²) in [5, 5.41) is 8.78. The summed E-state index contributed by atoms with van der Waals surface area (Å²) >= 11 is 4.45. The van der Waals surface area contributed by atoms with Crippen LogP contribution in [0.2, 0.25) is 0 Å². The summed E-state index contributed by atoms with van der Waals surface area (Å²) in [7, 11) is 0. The first-order valence-corrected chi connectivity index (χ1v) is 5.48. The summed E-state index contributed by atoms with van der Waals surface area (Å²) < 4.78 is 4.40. The number of carbonyl (C=O) groups is 3. The predicted molar refractivity (Wildman–Crippen MR) is 57.0 cm³/mol. The summed E-state index contributed by atoms with van der Waals surface area (Å²) in [6.45, 7) is 0.